The van der Waals surface area contributed by atoms with Gasteiger partial charge in [0.1, 0.15) is 0 Å². The van der Waals surface area contributed by atoms with Gasteiger partial charge in [0.15, 0.2) is 0 Å². The first-order valence-corrected chi connectivity index (χ1v) is 11.2. The number of hydrogen-bond acceptors (Lipinski definition) is 5. The largest absolute Gasteiger partial charge is 0.462 e. The molecule has 2 aromatic rings. The predicted molar refractivity (Wildman–Crippen MR) is 114 cm³/mol. The van der Waals surface area contributed by atoms with Crippen LogP contribution in [0.15, 0.2) is 48.5 Å². The average Bonchev–Trinajstić information content (AvgIpc) is 2.66. The van der Waals surface area contributed by atoms with Crippen LogP contribution in [-0.2, 0) is 19.6 Å². The molecule has 0 saturated heterocycles. The first-order chi connectivity index (χ1) is 13.7. The predicted octanol–water partition coefficient (Wildman–Crippen LogP) is 3.70. The van der Waals surface area contributed by atoms with E-state index in [-0.39, 0.29) is 25.5 Å². The fourth-order valence-corrected chi connectivity index (χ4v) is 3.73. The van der Waals surface area contributed by atoms with E-state index < -0.39 is 16.0 Å². The molecule has 0 radical (unpaired) electrons. The molecule has 0 heterocycles. The Morgan fingerprint density at radius 2 is 1.83 bits per heavy atom. The summed E-state index contributed by atoms with van der Waals surface area (Å²) in [6, 6.07) is 12.9. The summed E-state index contributed by atoms with van der Waals surface area (Å²) in [4.78, 5) is 24.0. The van der Waals surface area contributed by atoms with E-state index in [0.717, 1.165) is 6.26 Å². The van der Waals surface area contributed by atoms with Crippen molar-refractivity contribution in [3.05, 3.63) is 59.1 Å². The van der Waals surface area contributed by atoms with E-state index in [1.165, 1.54) is 10.4 Å². The number of halogens is 1. The van der Waals surface area contributed by atoms with E-state index in [1.54, 1.807) is 49.4 Å². The lowest BCUT2D eigenvalue weighted by atomic mass is 10.2. The van der Waals surface area contributed by atoms with Gasteiger partial charge in [-0.3, -0.25) is 9.10 Å². The Bertz CT molecular complexity index is 961. The number of carbonyl (C=O) groups excluding carboxylic acids is 2. The summed E-state index contributed by atoms with van der Waals surface area (Å²) in [5.74, 6) is -0.745. The molecular formula is C20H23ClN2O5S. The first kappa shape index (κ1) is 22.7. The number of anilines is 2. The number of rotatable bonds is 9. The SMILES string of the molecule is CCOC(=O)c1cccc(NC(=O)CCCN(c2ccc(Cl)cc2)S(C)(=O)=O)c1. The maximum absolute atomic E-state index is 12.2. The van der Waals surface area contributed by atoms with Gasteiger partial charge >= 0.3 is 5.97 Å². The maximum atomic E-state index is 12.2. The van der Waals surface area contributed by atoms with E-state index in [2.05, 4.69) is 5.32 Å². The standard InChI is InChI=1S/C20H23ClN2O5S/c1-3-28-20(25)15-6-4-7-17(14-15)22-19(24)8-5-13-23(29(2,26)27)18-11-9-16(21)10-12-18/h4,6-7,9-12,14H,3,5,8,13H2,1-2H3,(H,22,24). The summed E-state index contributed by atoms with van der Waals surface area (Å²) in [5.41, 5.74) is 1.30. The second-order valence-corrected chi connectivity index (χ2v) is 8.61. The van der Waals surface area contributed by atoms with Crippen molar-refractivity contribution in [2.24, 2.45) is 0 Å². The molecule has 0 fully saturated rings. The van der Waals surface area contributed by atoms with Gasteiger partial charge in [-0.05, 0) is 55.8 Å². The van der Waals surface area contributed by atoms with Gasteiger partial charge in [-0.25, -0.2) is 13.2 Å². The van der Waals surface area contributed by atoms with Gasteiger partial charge in [0.25, 0.3) is 0 Å². The number of benzene rings is 2. The topological polar surface area (TPSA) is 92.8 Å². The second kappa shape index (κ2) is 10.3. The van der Waals surface area contributed by atoms with Crippen LogP contribution >= 0.6 is 11.6 Å². The van der Waals surface area contributed by atoms with Crippen LogP contribution in [0.2, 0.25) is 5.02 Å². The number of ether oxygens (including phenoxy) is 1. The number of sulfonamides is 1. The van der Waals surface area contributed by atoms with Gasteiger partial charge < -0.3 is 10.1 Å². The van der Waals surface area contributed by atoms with Crippen molar-refractivity contribution in [1.29, 1.82) is 0 Å². The summed E-state index contributed by atoms with van der Waals surface area (Å²) in [6.07, 6.45) is 1.55. The molecule has 2 aromatic carbocycles. The number of nitrogens with zero attached hydrogens (tertiary/aromatic N) is 1. The van der Waals surface area contributed by atoms with Gasteiger partial charge in [0, 0.05) is 23.7 Å². The zero-order valence-corrected chi connectivity index (χ0v) is 17.8. The number of nitrogens with one attached hydrogen (secondary N) is 1. The third kappa shape index (κ3) is 7.07. The highest BCUT2D eigenvalue weighted by atomic mass is 35.5. The van der Waals surface area contributed by atoms with Crippen molar-refractivity contribution >= 4 is 44.9 Å². The van der Waals surface area contributed by atoms with E-state index in [4.69, 9.17) is 16.3 Å². The molecule has 156 valence electrons. The Kier molecular flexibility index (Phi) is 8.04. The minimum absolute atomic E-state index is 0.114. The molecule has 0 aromatic heterocycles. The Morgan fingerprint density at radius 3 is 2.45 bits per heavy atom. The van der Waals surface area contributed by atoms with Gasteiger partial charge in [0.05, 0.1) is 24.1 Å². The molecule has 0 spiro atoms. The molecule has 1 N–H and O–H groups in total. The summed E-state index contributed by atoms with van der Waals surface area (Å²) < 4.78 is 30.3. The van der Waals surface area contributed by atoms with Crippen LogP contribution in [0.1, 0.15) is 30.1 Å². The van der Waals surface area contributed by atoms with Crippen LogP contribution < -0.4 is 9.62 Å². The Hall–Kier alpha value is -2.58. The van der Waals surface area contributed by atoms with Gasteiger partial charge in [-0.1, -0.05) is 17.7 Å². The van der Waals surface area contributed by atoms with Crippen LogP contribution in [0, 0.1) is 0 Å². The Morgan fingerprint density at radius 1 is 1.14 bits per heavy atom. The van der Waals surface area contributed by atoms with E-state index in [1.807, 2.05) is 0 Å². The maximum Gasteiger partial charge on any atom is 0.338 e. The number of amides is 1. The van der Waals surface area contributed by atoms with Crippen LogP contribution in [0.25, 0.3) is 0 Å². The molecule has 0 unspecified atom stereocenters. The minimum Gasteiger partial charge on any atom is -0.462 e. The first-order valence-electron chi connectivity index (χ1n) is 9.01. The number of hydrogen-bond donors (Lipinski definition) is 1. The van der Waals surface area contributed by atoms with E-state index in [0.29, 0.717) is 28.4 Å². The average molecular weight is 439 g/mol. The Labute approximate surface area is 175 Å². The molecular weight excluding hydrogens is 416 g/mol. The molecule has 0 atom stereocenters. The lowest BCUT2D eigenvalue weighted by molar-refractivity contribution is -0.116. The third-order valence-corrected chi connectivity index (χ3v) is 5.38. The molecule has 1 amide bonds. The quantitative estimate of drug-likeness (QED) is 0.602. The molecule has 9 heteroatoms. The molecule has 0 bridgehead atoms. The smallest absolute Gasteiger partial charge is 0.338 e. The van der Waals surface area contributed by atoms with Crippen LogP contribution in [0.3, 0.4) is 0 Å². The molecule has 7 nitrogen and oxygen atoms in total. The summed E-state index contributed by atoms with van der Waals surface area (Å²) in [6.45, 7) is 2.13. The van der Waals surface area contributed by atoms with Gasteiger partial charge in [0.2, 0.25) is 15.9 Å². The third-order valence-electron chi connectivity index (χ3n) is 3.94. The minimum atomic E-state index is -3.50. The fourth-order valence-electron chi connectivity index (χ4n) is 2.64. The van der Waals surface area contributed by atoms with Gasteiger partial charge in [-0.2, -0.15) is 0 Å². The van der Waals surface area contributed by atoms with Crippen molar-refractivity contribution < 1.29 is 22.7 Å². The normalized spacial score (nSPS) is 11.0. The van der Waals surface area contributed by atoms with Gasteiger partial charge in [-0.15, -0.1) is 0 Å². The number of esters is 1. The molecule has 0 saturated carbocycles. The highest BCUT2D eigenvalue weighted by Crippen LogP contribution is 2.21. The van der Waals surface area contributed by atoms with E-state index in [9.17, 15) is 18.0 Å². The summed E-state index contributed by atoms with van der Waals surface area (Å²) in [7, 11) is -3.50. The molecule has 0 aliphatic heterocycles. The lowest BCUT2D eigenvalue weighted by Gasteiger charge is -2.22. The zero-order chi connectivity index (χ0) is 21.4. The van der Waals surface area contributed by atoms with E-state index >= 15 is 0 Å². The van der Waals surface area contributed by atoms with Crippen LogP contribution in [0.4, 0.5) is 11.4 Å². The molecule has 0 aliphatic rings. The van der Waals surface area contributed by atoms with Crippen molar-refractivity contribution in [2.45, 2.75) is 19.8 Å². The van der Waals surface area contributed by atoms with Crippen molar-refractivity contribution in [3.8, 4) is 0 Å². The fraction of sp³-hybridized carbons (Fsp3) is 0.300. The second-order valence-electron chi connectivity index (χ2n) is 6.26. The lowest BCUT2D eigenvalue weighted by Crippen LogP contribution is -2.31. The molecule has 0 aliphatic carbocycles. The van der Waals surface area contributed by atoms with Crippen LogP contribution in [-0.4, -0.2) is 39.7 Å². The molecule has 2 rings (SSSR count). The Balaban J connectivity index is 1.95. The van der Waals surface area contributed by atoms with Crippen molar-refractivity contribution in [2.75, 3.05) is 29.0 Å². The highest BCUT2D eigenvalue weighted by molar-refractivity contribution is 7.92. The van der Waals surface area contributed by atoms with Crippen molar-refractivity contribution in [3.63, 3.8) is 0 Å². The summed E-state index contributed by atoms with van der Waals surface area (Å²) in [5, 5.41) is 3.21. The zero-order valence-electron chi connectivity index (χ0n) is 16.2. The molecule has 29 heavy (non-hydrogen) atoms. The van der Waals surface area contributed by atoms with Crippen molar-refractivity contribution in [1.82, 2.24) is 0 Å². The van der Waals surface area contributed by atoms with Crippen LogP contribution in [0.5, 0.6) is 0 Å². The summed E-state index contributed by atoms with van der Waals surface area (Å²) >= 11 is 5.85. The monoisotopic (exact) mass is 438 g/mol. The number of carbonyl (C=O) groups is 2. The highest BCUT2D eigenvalue weighted by Gasteiger charge is 2.17.